The third-order valence-electron chi connectivity index (χ3n) is 5.42. The van der Waals surface area contributed by atoms with Crippen molar-refractivity contribution in [2.45, 2.75) is 13.1 Å². The fraction of sp³-hybridized carbons (Fsp3) is 0.286. The summed E-state index contributed by atoms with van der Waals surface area (Å²) in [6, 6.07) is 5.37. The summed E-state index contributed by atoms with van der Waals surface area (Å²) < 4.78 is 15.7. The summed E-state index contributed by atoms with van der Waals surface area (Å²) in [6.07, 6.45) is 0. The molecule has 0 aliphatic carbocycles. The van der Waals surface area contributed by atoms with Crippen LogP contribution >= 0.6 is 0 Å². The minimum atomic E-state index is -1.00. The molecular formula is C21H21FN6O5. The number of anilines is 1. The van der Waals surface area contributed by atoms with E-state index in [4.69, 9.17) is 0 Å². The molecule has 33 heavy (non-hydrogen) atoms. The second kappa shape index (κ2) is 8.04. The lowest BCUT2D eigenvalue weighted by atomic mass is 10.2. The normalized spacial score (nSPS) is 13.2. The first-order valence-corrected chi connectivity index (χ1v) is 9.99. The number of amides is 3. The van der Waals surface area contributed by atoms with Gasteiger partial charge in [-0.15, -0.1) is 5.10 Å². The molecule has 0 atom stereocenters. The predicted octanol–water partition coefficient (Wildman–Crippen LogP) is 0.203. The Morgan fingerprint density at radius 3 is 2.48 bits per heavy atom. The quantitative estimate of drug-likeness (QED) is 0.542. The Kier molecular flexibility index (Phi) is 5.36. The van der Waals surface area contributed by atoms with Crippen LogP contribution in [-0.2, 0) is 22.7 Å². The average molecular weight is 456 g/mol. The summed E-state index contributed by atoms with van der Waals surface area (Å²) in [4.78, 5) is 53.0. The van der Waals surface area contributed by atoms with Gasteiger partial charge in [-0.3, -0.25) is 24.5 Å². The lowest BCUT2D eigenvalue weighted by molar-refractivity contribution is -0.141. The molecule has 1 aliphatic heterocycles. The largest absolute Gasteiger partial charge is 0.505 e. The highest BCUT2D eigenvalue weighted by Gasteiger charge is 2.33. The van der Waals surface area contributed by atoms with Crippen molar-refractivity contribution in [1.29, 1.82) is 0 Å². The number of carbonyl (C=O) groups excluding carboxylic acids is 3. The molecule has 2 N–H and O–H groups in total. The summed E-state index contributed by atoms with van der Waals surface area (Å²) in [5, 5.41) is 17.2. The van der Waals surface area contributed by atoms with Gasteiger partial charge in [0, 0.05) is 34.2 Å². The van der Waals surface area contributed by atoms with E-state index in [-0.39, 0.29) is 35.5 Å². The number of aromatic nitrogens is 3. The van der Waals surface area contributed by atoms with Gasteiger partial charge in [0.15, 0.2) is 17.3 Å². The maximum absolute atomic E-state index is 13.3. The van der Waals surface area contributed by atoms with Crippen LogP contribution in [0, 0.1) is 5.82 Å². The molecule has 2 aromatic heterocycles. The summed E-state index contributed by atoms with van der Waals surface area (Å²) >= 11 is 0. The third kappa shape index (κ3) is 3.69. The van der Waals surface area contributed by atoms with E-state index in [0.717, 1.165) is 9.58 Å². The molecule has 0 fully saturated rings. The van der Waals surface area contributed by atoms with Crippen molar-refractivity contribution in [2.75, 3.05) is 33.0 Å². The van der Waals surface area contributed by atoms with Crippen LogP contribution in [0.2, 0.25) is 0 Å². The lowest BCUT2D eigenvalue weighted by Gasteiger charge is -2.25. The van der Waals surface area contributed by atoms with Crippen LogP contribution in [0.1, 0.15) is 16.1 Å². The molecular weight excluding hydrogens is 435 g/mol. The first-order valence-electron chi connectivity index (χ1n) is 9.99. The zero-order valence-corrected chi connectivity index (χ0v) is 18.1. The second-order valence-corrected chi connectivity index (χ2v) is 7.89. The number of halogens is 1. The minimum absolute atomic E-state index is 0.0456. The van der Waals surface area contributed by atoms with Crippen molar-refractivity contribution in [2.24, 2.45) is 0 Å². The maximum atomic E-state index is 13.3. The van der Waals surface area contributed by atoms with E-state index in [1.165, 1.54) is 47.8 Å². The molecule has 11 nitrogen and oxygen atoms in total. The van der Waals surface area contributed by atoms with E-state index in [1.54, 1.807) is 7.05 Å². The van der Waals surface area contributed by atoms with Gasteiger partial charge in [-0.1, -0.05) is 12.1 Å². The molecule has 4 rings (SSSR count). The van der Waals surface area contributed by atoms with Crippen LogP contribution < -0.4 is 10.9 Å². The van der Waals surface area contributed by atoms with Gasteiger partial charge < -0.3 is 19.5 Å². The molecule has 3 heterocycles. The lowest BCUT2D eigenvalue weighted by Crippen LogP contribution is -2.37. The molecule has 0 spiro atoms. The number of hydrogen-bond donors (Lipinski definition) is 2. The summed E-state index contributed by atoms with van der Waals surface area (Å²) in [6.45, 7) is 0.438. The first-order chi connectivity index (χ1) is 15.6. The van der Waals surface area contributed by atoms with Crippen LogP contribution in [0.4, 0.5) is 10.2 Å². The minimum Gasteiger partial charge on any atom is -0.505 e. The van der Waals surface area contributed by atoms with Crippen molar-refractivity contribution in [3.8, 4) is 5.75 Å². The first kappa shape index (κ1) is 22.0. The zero-order valence-electron chi connectivity index (χ0n) is 18.1. The molecule has 12 heteroatoms. The molecule has 0 bridgehead atoms. The van der Waals surface area contributed by atoms with E-state index in [1.807, 2.05) is 0 Å². The van der Waals surface area contributed by atoms with Crippen LogP contribution in [0.15, 0.2) is 29.1 Å². The number of aromatic hydroxyl groups is 1. The Labute approximate surface area is 186 Å². The van der Waals surface area contributed by atoms with Crippen LogP contribution in [0.3, 0.4) is 0 Å². The van der Waals surface area contributed by atoms with Crippen molar-refractivity contribution < 1.29 is 23.9 Å². The Morgan fingerprint density at radius 1 is 1.18 bits per heavy atom. The molecule has 0 saturated heterocycles. The van der Waals surface area contributed by atoms with Gasteiger partial charge in [0.05, 0.1) is 6.54 Å². The van der Waals surface area contributed by atoms with Gasteiger partial charge in [0.2, 0.25) is 0 Å². The molecule has 0 saturated carbocycles. The van der Waals surface area contributed by atoms with E-state index in [9.17, 15) is 28.7 Å². The van der Waals surface area contributed by atoms with Crippen LogP contribution in [0.5, 0.6) is 5.75 Å². The number of carbonyl (C=O) groups is 3. The molecule has 172 valence electrons. The smallest absolute Gasteiger partial charge is 0.315 e. The number of nitrogens with zero attached hydrogens (tertiary/aromatic N) is 5. The van der Waals surface area contributed by atoms with Crippen LogP contribution in [0.25, 0.3) is 10.9 Å². The van der Waals surface area contributed by atoms with E-state index < -0.39 is 34.8 Å². The highest BCUT2D eigenvalue weighted by atomic mass is 19.1. The summed E-state index contributed by atoms with van der Waals surface area (Å²) in [7, 11) is 4.37. The number of likely N-dealkylation sites (N-methyl/N-ethyl adjacent to an activating group) is 2. The fourth-order valence-corrected chi connectivity index (χ4v) is 3.69. The zero-order chi connectivity index (χ0) is 24.0. The summed E-state index contributed by atoms with van der Waals surface area (Å²) in [5.41, 5.74) is -0.233. The standard InChI is InChI=1S/C21H21FN6O5/c1-25(2)21(33)18(30)23-17-14-13(16(29)15-20(32)26(3)8-9-27(14)15)19(31)28(24-17)10-11-4-6-12(22)7-5-11/h4-7,29H,8-10H2,1-3H3,(H,23,24,30). The Morgan fingerprint density at radius 2 is 1.85 bits per heavy atom. The Hall–Kier alpha value is -4.22. The number of fused-ring (bicyclic) bond motifs is 3. The number of nitrogens with one attached hydrogen (secondary N) is 1. The Balaban J connectivity index is 1.94. The molecule has 0 unspecified atom stereocenters. The van der Waals surface area contributed by atoms with Crippen molar-refractivity contribution in [1.82, 2.24) is 24.1 Å². The SMILES string of the molecule is CN(C)C(=O)C(=O)Nc1nn(Cc2ccc(F)cc2)c(=O)c2c(O)c3n(c12)CCN(C)C3=O. The van der Waals surface area contributed by atoms with Gasteiger partial charge in [0.1, 0.15) is 16.7 Å². The van der Waals surface area contributed by atoms with E-state index in [2.05, 4.69) is 10.4 Å². The Bertz CT molecular complexity index is 1360. The summed E-state index contributed by atoms with van der Waals surface area (Å²) in [5.74, 6) is -3.50. The highest BCUT2D eigenvalue weighted by molar-refractivity contribution is 6.39. The molecule has 3 aromatic rings. The van der Waals surface area contributed by atoms with Gasteiger partial charge in [-0.05, 0) is 17.7 Å². The topological polar surface area (TPSA) is 130 Å². The number of rotatable bonds is 3. The van der Waals surface area contributed by atoms with Crippen LogP contribution in [-0.4, -0.2) is 74.7 Å². The number of benzene rings is 1. The molecule has 1 aromatic carbocycles. The van der Waals surface area contributed by atoms with Crippen molar-refractivity contribution >= 4 is 34.4 Å². The molecule has 3 amide bonds. The predicted molar refractivity (Wildman–Crippen MR) is 115 cm³/mol. The maximum Gasteiger partial charge on any atom is 0.315 e. The van der Waals surface area contributed by atoms with Gasteiger partial charge >= 0.3 is 11.8 Å². The second-order valence-electron chi connectivity index (χ2n) is 7.89. The monoisotopic (exact) mass is 456 g/mol. The highest BCUT2D eigenvalue weighted by Crippen LogP contribution is 2.35. The van der Waals surface area contributed by atoms with Crippen molar-refractivity contribution in [3.63, 3.8) is 0 Å². The van der Waals surface area contributed by atoms with Gasteiger partial charge in [0.25, 0.3) is 11.5 Å². The van der Waals surface area contributed by atoms with Gasteiger partial charge in [-0.2, -0.15) is 0 Å². The molecule has 1 aliphatic rings. The number of hydrogen-bond acceptors (Lipinski definition) is 6. The fourth-order valence-electron chi connectivity index (χ4n) is 3.69. The molecule has 0 radical (unpaired) electrons. The average Bonchev–Trinajstić information content (AvgIpc) is 3.08. The van der Waals surface area contributed by atoms with E-state index in [0.29, 0.717) is 12.1 Å². The van der Waals surface area contributed by atoms with E-state index >= 15 is 0 Å². The van der Waals surface area contributed by atoms with Crippen molar-refractivity contribution in [3.05, 3.63) is 51.7 Å². The third-order valence-corrected chi connectivity index (χ3v) is 5.42. The van der Waals surface area contributed by atoms with Gasteiger partial charge in [-0.25, -0.2) is 9.07 Å².